The Hall–Kier alpha value is -1.71. The minimum Gasteiger partial charge on any atom is -0.493 e. The Kier molecular flexibility index (Phi) is 6.72. The third-order valence-electron chi connectivity index (χ3n) is 3.34. The van der Waals surface area contributed by atoms with Crippen LogP contribution >= 0.6 is 0 Å². The smallest absolute Gasteiger partial charge is 0.392 e. The fourth-order valence-corrected chi connectivity index (χ4v) is 1.85. The third-order valence-corrected chi connectivity index (χ3v) is 3.34. The molecule has 0 aliphatic carbocycles. The third kappa shape index (κ3) is 6.37. The van der Waals surface area contributed by atoms with Gasteiger partial charge in [-0.25, -0.2) is 0 Å². The van der Waals surface area contributed by atoms with Crippen LogP contribution in [0.1, 0.15) is 39.2 Å². The predicted molar refractivity (Wildman–Crippen MR) is 84.9 cm³/mol. The van der Waals surface area contributed by atoms with Gasteiger partial charge in [0.25, 0.3) is 0 Å². The highest BCUT2D eigenvalue weighted by Crippen LogP contribution is 2.26. The van der Waals surface area contributed by atoms with E-state index in [2.05, 4.69) is 20.4 Å². The van der Waals surface area contributed by atoms with Crippen molar-refractivity contribution in [3.05, 3.63) is 48.1 Å². The first kappa shape index (κ1) is 18.3. The normalized spacial score (nSPS) is 12.6. The zero-order valence-electron chi connectivity index (χ0n) is 13.3. The van der Waals surface area contributed by atoms with Crippen LogP contribution in [0.4, 0.5) is 13.2 Å². The van der Waals surface area contributed by atoms with E-state index in [4.69, 9.17) is 4.74 Å². The molecule has 0 N–H and O–H groups in total. The predicted octanol–water partition coefficient (Wildman–Crippen LogP) is 6.02. The van der Waals surface area contributed by atoms with Crippen molar-refractivity contribution in [2.24, 2.45) is 5.92 Å². The number of alkyl halides is 3. The lowest BCUT2D eigenvalue weighted by atomic mass is 9.96. The zero-order chi connectivity index (χ0) is 16.8. The zero-order valence-corrected chi connectivity index (χ0v) is 13.3. The lowest BCUT2D eigenvalue weighted by Gasteiger charge is -2.12. The molecule has 0 heterocycles. The highest BCUT2D eigenvalue weighted by atomic mass is 19.4. The number of hydrogen-bond donors (Lipinski definition) is 0. The molecule has 1 aromatic rings. The molecule has 1 aromatic carbocycles. The largest absolute Gasteiger partial charge is 0.493 e. The molecule has 0 aliphatic rings. The van der Waals surface area contributed by atoms with Crippen LogP contribution in [0.3, 0.4) is 0 Å². The number of benzene rings is 1. The minimum atomic E-state index is -4.19. The molecule has 0 aliphatic heterocycles. The van der Waals surface area contributed by atoms with Gasteiger partial charge in [0.1, 0.15) is 5.75 Å². The first-order valence-electron chi connectivity index (χ1n) is 7.42. The maximum Gasteiger partial charge on any atom is 0.392 e. The summed E-state index contributed by atoms with van der Waals surface area (Å²) >= 11 is 0. The van der Waals surface area contributed by atoms with Gasteiger partial charge in [-0.2, -0.15) is 13.2 Å². The lowest BCUT2D eigenvalue weighted by molar-refractivity contribution is -0.139. The maximum absolute atomic E-state index is 12.1. The number of rotatable bonds is 7. The van der Waals surface area contributed by atoms with Crippen molar-refractivity contribution in [3.8, 4) is 5.75 Å². The maximum atomic E-state index is 12.1. The molecular weight excluding hydrogens is 289 g/mol. The molecule has 1 rings (SSSR count). The van der Waals surface area contributed by atoms with E-state index in [1.165, 1.54) is 0 Å². The van der Waals surface area contributed by atoms with Gasteiger partial charge in [0.15, 0.2) is 0 Å². The molecule has 0 spiro atoms. The summed E-state index contributed by atoms with van der Waals surface area (Å²) in [6.07, 6.45) is -2.28. The fraction of sp³-hybridized carbons (Fsp3) is 0.444. The second-order valence-electron chi connectivity index (χ2n) is 5.49. The topological polar surface area (TPSA) is 9.23 Å². The van der Waals surface area contributed by atoms with Crippen molar-refractivity contribution in [1.29, 1.82) is 0 Å². The van der Waals surface area contributed by atoms with Crippen molar-refractivity contribution in [2.45, 2.75) is 39.8 Å². The highest BCUT2D eigenvalue weighted by Gasteiger charge is 2.26. The summed E-state index contributed by atoms with van der Waals surface area (Å²) in [5, 5.41) is 0. The van der Waals surface area contributed by atoms with E-state index in [0.717, 1.165) is 23.1 Å². The molecule has 22 heavy (non-hydrogen) atoms. The van der Waals surface area contributed by atoms with Crippen molar-refractivity contribution < 1.29 is 17.9 Å². The van der Waals surface area contributed by atoms with Crippen LogP contribution < -0.4 is 4.74 Å². The average molecular weight is 312 g/mol. The van der Waals surface area contributed by atoms with Crippen LogP contribution in [0.25, 0.3) is 5.57 Å². The van der Waals surface area contributed by atoms with Crippen molar-refractivity contribution in [3.63, 3.8) is 0 Å². The Balaban J connectivity index is 2.83. The van der Waals surface area contributed by atoms with Crippen LogP contribution in [0.15, 0.2) is 42.5 Å². The monoisotopic (exact) mass is 312 g/mol. The van der Waals surface area contributed by atoms with Gasteiger partial charge in [-0.05, 0) is 35.6 Å². The molecule has 0 radical (unpaired) electrons. The van der Waals surface area contributed by atoms with E-state index in [-0.39, 0.29) is 6.61 Å². The second kappa shape index (κ2) is 8.06. The van der Waals surface area contributed by atoms with Gasteiger partial charge in [0.2, 0.25) is 0 Å². The van der Waals surface area contributed by atoms with Gasteiger partial charge >= 0.3 is 6.18 Å². The molecule has 0 bridgehead atoms. The first-order valence-corrected chi connectivity index (χ1v) is 7.42. The summed E-state index contributed by atoms with van der Waals surface area (Å²) in [7, 11) is 0. The molecule has 122 valence electrons. The van der Waals surface area contributed by atoms with Crippen LogP contribution in [0.5, 0.6) is 5.75 Å². The number of allylic oxidation sites excluding steroid dienone is 3. The lowest BCUT2D eigenvalue weighted by Crippen LogP contribution is -2.13. The summed E-state index contributed by atoms with van der Waals surface area (Å²) < 4.78 is 41.6. The Morgan fingerprint density at radius 3 is 2.55 bits per heavy atom. The van der Waals surface area contributed by atoms with E-state index in [1.807, 2.05) is 19.1 Å². The number of halogens is 3. The van der Waals surface area contributed by atoms with Gasteiger partial charge in [0, 0.05) is 0 Å². The quantitative estimate of drug-likeness (QED) is 0.559. The van der Waals surface area contributed by atoms with E-state index in [9.17, 15) is 13.2 Å². The Labute approximate surface area is 130 Å². The van der Waals surface area contributed by atoms with Crippen molar-refractivity contribution in [1.82, 2.24) is 0 Å². The molecule has 0 aromatic heterocycles. The summed E-state index contributed by atoms with van der Waals surface area (Å²) in [6.45, 7) is 9.85. The molecule has 0 saturated carbocycles. The van der Waals surface area contributed by atoms with Crippen LogP contribution in [0, 0.1) is 5.92 Å². The van der Waals surface area contributed by atoms with Gasteiger partial charge in [0.05, 0.1) is 13.0 Å². The molecule has 1 nitrogen and oxygen atoms in total. The van der Waals surface area contributed by atoms with Crippen molar-refractivity contribution in [2.75, 3.05) is 6.61 Å². The highest BCUT2D eigenvalue weighted by molar-refractivity contribution is 5.69. The molecule has 0 unspecified atom stereocenters. The molecule has 0 atom stereocenters. The molecule has 0 fully saturated rings. The Morgan fingerprint density at radius 1 is 1.32 bits per heavy atom. The summed E-state index contributed by atoms with van der Waals surface area (Å²) in [5.41, 5.74) is 3.08. The Bertz CT molecular complexity index is 527. The fourth-order valence-electron chi connectivity index (χ4n) is 1.85. The Morgan fingerprint density at radius 2 is 2.00 bits per heavy atom. The summed E-state index contributed by atoms with van der Waals surface area (Å²) in [5.74, 6) is 0.809. The first-order chi connectivity index (χ1) is 10.2. The average Bonchev–Trinajstić information content (AvgIpc) is 2.43. The van der Waals surface area contributed by atoms with E-state index in [0.29, 0.717) is 11.7 Å². The van der Waals surface area contributed by atoms with Crippen LogP contribution in [-0.4, -0.2) is 12.8 Å². The summed E-state index contributed by atoms with van der Waals surface area (Å²) in [4.78, 5) is 0. The van der Waals surface area contributed by atoms with Crippen LogP contribution in [-0.2, 0) is 0 Å². The van der Waals surface area contributed by atoms with Gasteiger partial charge in [-0.3, -0.25) is 0 Å². The van der Waals surface area contributed by atoms with Gasteiger partial charge < -0.3 is 4.74 Å². The van der Waals surface area contributed by atoms with Crippen molar-refractivity contribution >= 4 is 5.57 Å². The standard InChI is InChI=1S/C18H23F3O/c1-5-15(11-14(4)13(2)3)16-7-6-8-17(12-16)22-10-9-18(19,20)21/h6-8,11-13H,4-5,9-10H2,1-3H3/b15-11+. The molecular formula is C18H23F3O. The number of hydrogen-bond acceptors (Lipinski definition) is 1. The molecule has 4 heteroatoms. The molecule has 0 saturated heterocycles. The summed E-state index contributed by atoms with van der Waals surface area (Å²) in [6, 6.07) is 7.17. The van der Waals surface area contributed by atoms with Crippen LogP contribution in [0.2, 0.25) is 0 Å². The van der Waals surface area contributed by atoms with Gasteiger partial charge in [-0.15, -0.1) is 0 Å². The van der Waals surface area contributed by atoms with Gasteiger partial charge in [-0.1, -0.05) is 51.1 Å². The SMILES string of the molecule is C=C(/C=C(\CC)c1cccc(OCCC(F)(F)F)c1)C(C)C. The second-order valence-corrected chi connectivity index (χ2v) is 5.49. The van der Waals surface area contributed by atoms with E-state index >= 15 is 0 Å². The molecule has 0 amide bonds. The minimum absolute atomic E-state index is 0.354. The van der Waals surface area contributed by atoms with E-state index < -0.39 is 12.6 Å². The number of ether oxygens (including phenoxy) is 1. The van der Waals surface area contributed by atoms with E-state index in [1.54, 1.807) is 18.2 Å².